The van der Waals surface area contributed by atoms with Gasteiger partial charge in [-0.3, -0.25) is 9.98 Å². The fourth-order valence-corrected chi connectivity index (χ4v) is 5.28. The van der Waals surface area contributed by atoms with Crippen molar-refractivity contribution in [3.63, 3.8) is 0 Å². The molecule has 0 spiro atoms. The van der Waals surface area contributed by atoms with E-state index in [1.54, 1.807) is 0 Å². The minimum absolute atomic E-state index is 0.854. The number of aliphatic imine (C=N–C) groups is 2. The number of fused-ring (bicyclic) bond motifs is 2. The Balaban J connectivity index is 1.26. The molecule has 0 fully saturated rings. The number of nitrogens with one attached hydrogen (secondary N) is 4. The van der Waals surface area contributed by atoms with Crippen molar-refractivity contribution in [1.29, 1.82) is 0 Å². The molecule has 36 heavy (non-hydrogen) atoms. The van der Waals surface area contributed by atoms with Crippen LogP contribution in [0.3, 0.4) is 0 Å². The van der Waals surface area contributed by atoms with Crippen molar-refractivity contribution >= 4 is 44.6 Å². The second-order valence-electron chi connectivity index (χ2n) is 9.44. The van der Waals surface area contributed by atoms with Gasteiger partial charge in [-0.1, -0.05) is 36.4 Å². The van der Waals surface area contributed by atoms with Crippen molar-refractivity contribution < 1.29 is 0 Å². The number of hydrogen-bond acceptors (Lipinski definition) is 3. The summed E-state index contributed by atoms with van der Waals surface area (Å²) in [5, 5.41) is 9.25. The summed E-state index contributed by atoms with van der Waals surface area (Å²) < 4.78 is 0. The van der Waals surface area contributed by atoms with Crippen LogP contribution in [0.5, 0.6) is 0 Å². The maximum absolute atomic E-state index is 4.64. The molecule has 6 heteroatoms. The highest BCUT2D eigenvalue weighted by Gasteiger charge is 2.16. The number of rotatable bonds is 5. The molecule has 4 N–H and O–H groups in total. The Morgan fingerprint density at radius 2 is 1.92 bits per heavy atom. The van der Waals surface area contributed by atoms with Gasteiger partial charge in [-0.2, -0.15) is 0 Å². The van der Waals surface area contributed by atoms with E-state index in [-0.39, 0.29) is 0 Å². The maximum Gasteiger partial charge on any atom is 0.128 e. The molecular weight excluding hydrogens is 444 g/mol. The van der Waals surface area contributed by atoms with Gasteiger partial charge in [-0.25, -0.2) is 0 Å². The average molecular weight is 477 g/mol. The van der Waals surface area contributed by atoms with Gasteiger partial charge in [0.15, 0.2) is 0 Å². The highest BCUT2D eigenvalue weighted by molar-refractivity contribution is 6.04. The van der Waals surface area contributed by atoms with E-state index < -0.39 is 0 Å². The van der Waals surface area contributed by atoms with Gasteiger partial charge in [0.25, 0.3) is 0 Å². The molecule has 1 aliphatic carbocycles. The van der Waals surface area contributed by atoms with Crippen LogP contribution in [-0.2, 0) is 0 Å². The first kappa shape index (κ1) is 22.4. The van der Waals surface area contributed by atoms with Crippen LogP contribution in [0.4, 0.5) is 0 Å². The Kier molecular flexibility index (Phi) is 5.93. The fraction of sp³-hybridized carbons (Fsp3) is 0.267. The third-order valence-corrected chi connectivity index (χ3v) is 7.16. The Morgan fingerprint density at radius 3 is 2.69 bits per heavy atom. The quantitative estimate of drug-likeness (QED) is 0.222. The van der Waals surface area contributed by atoms with Crippen molar-refractivity contribution in [3.8, 4) is 0 Å². The van der Waals surface area contributed by atoms with Gasteiger partial charge in [0.05, 0.1) is 0 Å². The van der Waals surface area contributed by atoms with Gasteiger partial charge in [0.2, 0.25) is 0 Å². The van der Waals surface area contributed by atoms with Crippen molar-refractivity contribution in [1.82, 2.24) is 20.6 Å². The molecule has 0 bridgehead atoms. The molecule has 0 radical (unpaired) electrons. The third kappa shape index (κ3) is 4.13. The molecule has 182 valence electrons. The molecule has 0 saturated carbocycles. The van der Waals surface area contributed by atoms with E-state index in [2.05, 4.69) is 98.3 Å². The zero-order valence-electron chi connectivity index (χ0n) is 20.9. The first-order valence-corrected chi connectivity index (χ1v) is 12.9. The molecule has 0 unspecified atom stereocenters. The number of benzene rings is 2. The predicted octanol–water partition coefficient (Wildman–Crippen LogP) is 5.64. The second kappa shape index (κ2) is 9.53. The maximum atomic E-state index is 4.64. The van der Waals surface area contributed by atoms with E-state index in [9.17, 15) is 0 Å². The number of hydrogen-bond donors (Lipinski definition) is 4. The SMILES string of the molecule is CCNC(=NC)c1ccc2cc(C3=CC=C(c4c[nH]c5cc(C6=NCCCN6)ccc45)CC3)[nH]c2c1. The van der Waals surface area contributed by atoms with Gasteiger partial charge < -0.3 is 20.6 Å². The fourth-order valence-electron chi connectivity index (χ4n) is 5.28. The van der Waals surface area contributed by atoms with E-state index >= 15 is 0 Å². The van der Waals surface area contributed by atoms with Crippen LogP contribution in [0.2, 0.25) is 0 Å². The summed E-state index contributed by atoms with van der Waals surface area (Å²) in [5.74, 6) is 1.93. The number of aromatic nitrogens is 2. The van der Waals surface area contributed by atoms with Crippen LogP contribution in [-0.4, -0.2) is 48.3 Å². The number of aromatic amines is 2. The Bertz CT molecular complexity index is 1560. The minimum Gasteiger partial charge on any atom is -0.370 e. The number of allylic oxidation sites excluding steroid dienone is 4. The number of nitrogens with zero attached hydrogens (tertiary/aromatic N) is 2. The van der Waals surface area contributed by atoms with Gasteiger partial charge in [0, 0.05) is 77.1 Å². The lowest BCUT2D eigenvalue weighted by Gasteiger charge is -2.15. The summed E-state index contributed by atoms with van der Waals surface area (Å²) in [6.45, 7) is 4.84. The summed E-state index contributed by atoms with van der Waals surface area (Å²) in [5.41, 5.74) is 9.76. The van der Waals surface area contributed by atoms with E-state index in [0.29, 0.717) is 0 Å². The largest absolute Gasteiger partial charge is 0.370 e. The van der Waals surface area contributed by atoms with Crippen LogP contribution < -0.4 is 10.6 Å². The summed E-state index contributed by atoms with van der Waals surface area (Å²) in [6.07, 6.45) is 9.84. The number of amidine groups is 2. The smallest absolute Gasteiger partial charge is 0.128 e. The Hall–Kier alpha value is -4.06. The molecule has 2 aromatic carbocycles. The van der Waals surface area contributed by atoms with E-state index in [0.717, 1.165) is 72.7 Å². The monoisotopic (exact) mass is 476 g/mol. The van der Waals surface area contributed by atoms with Crippen LogP contribution in [0.15, 0.2) is 70.8 Å². The average Bonchev–Trinajstić information content (AvgIpc) is 3.56. The molecule has 6 nitrogen and oxygen atoms in total. The summed E-state index contributed by atoms with van der Waals surface area (Å²) in [4.78, 5) is 16.2. The lowest BCUT2D eigenvalue weighted by Crippen LogP contribution is -2.30. The molecule has 2 aromatic heterocycles. The second-order valence-corrected chi connectivity index (χ2v) is 9.44. The standard InChI is InChI=1S/C30H32N6/c1-3-32-29(31-2)22-10-9-21-15-26(36-27(21)16-22)20-7-5-19(6-8-20)25-18-35-28-17-23(11-12-24(25)28)30-33-13-4-14-34-30/h5,7,9-12,15-18,35-36H,3-4,6,8,13-14H2,1-2H3,(H,31,32)(H,33,34). The van der Waals surface area contributed by atoms with Crippen molar-refractivity contribution in [2.75, 3.05) is 26.7 Å². The van der Waals surface area contributed by atoms with Crippen molar-refractivity contribution in [2.24, 2.45) is 9.98 Å². The first-order valence-electron chi connectivity index (χ1n) is 12.9. The first-order chi connectivity index (χ1) is 17.7. The molecule has 1 aliphatic heterocycles. The molecule has 0 amide bonds. The Morgan fingerprint density at radius 1 is 1.03 bits per heavy atom. The topological polar surface area (TPSA) is 80.4 Å². The zero-order valence-corrected chi connectivity index (χ0v) is 20.9. The van der Waals surface area contributed by atoms with E-state index in [4.69, 9.17) is 0 Å². The minimum atomic E-state index is 0.854. The van der Waals surface area contributed by atoms with Crippen LogP contribution in [0.25, 0.3) is 33.0 Å². The summed E-state index contributed by atoms with van der Waals surface area (Å²) >= 11 is 0. The van der Waals surface area contributed by atoms with Crippen LogP contribution in [0, 0.1) is 0 Å². The molecule has 3 heterocycles. The van der Waals surface area contributed by atoms with E-state index in [1.807, 2.05) is 7.05 Å². The van der Waals surface area contributed by atoms with Gasteiger partial charge in [-0.15, -0.1) is 0 Å². The molecule has 2 aliphatic rings. The van der Waals surface area contributed by atoms with Crippen molar-refractivity contribution in [2.45, 2.75) is 26.2 Å². The number of H-pyrrole nitrogens is 2. The molecule has 6 rings (SSSR count). The molecule has 0 atom stereocenters. The van der Waals surface area contributed by atoms with Crippen molar-refractivity contribution in [3.05, 3.63) is 83.2 Å². The highest BCUT2D eigenvalue weighted by atomic mass is 15.0. The molecule has 4 aromatic rings. The van der Waals surface area contributed by atoms with Gasteiger partial charge in [0.1, 0.15) is 11.7 Å². The normalized spacial score (nSPS) is 16.5. The van der Waals surface area contributed by atoms with E-state index in [1.165, 1.54) is 33.2 Å². The van der Waals surface area contributed by atoms with Crippen LogP contribution >= 0.6 is 0 Å². The third-order valence-electron chi connectivity index (χ3n) is 7.16. The van der Waals surface area contributed by atoms with Crippen LogP contribution in [0.1, 0.15) is 48.6 Å². The van der Waals surface area contributed by atoms with Gasteiger partial charge in [-0.05, 0) is 55.5 Å². The molecular formula is C30H32N6. The highest BCUT2D eigenvalue weighted by Crippen LogP contribution is 2.35. The zero-order chi connectivity index (χ0) is 24.5. The molecule has 0 saturated heterocycles. The van der Waals surface area contributed by atoms with Gasteiger partial charge >= 0.3 is 0 Å². The lowest BCUT2D eigenvalue weighted by molar-refractivity contribution is 0.742. The summed E-state index contributed by atoms with van der Waals surface area (Å²) in [7, 11) is 1.83. The lowest BCUT2D eigenvalue weighted by atomic mass is 9.91. The summed E-state index contributed by atoms with van der Waals surface area (Å²) in [6, 6.07) is 15.4. The predicted molar refractivity (Wildman–Crippen MR) is 152 cm³/mol. The Labute approximate surface area is 211 Å².